The van der Waals surface area contributed by atoms with Crippen LogP contribution in [0.5, 0.6) is 0 Å². The summed E-state index contributed by atoms with van der Waals surface area (Å²) in [6, 6.07) is 0. The van der Waals surface area contributed by atoms with Gasteiger partial charge in [-0.2, -0.15) is 26.3 Å². The van der Waals surface area contributed by atoms with Crippen molar-refractivity contribution in [1.29, 1.82) is 0 Å². The van der Waals surface area contributed by atoms with Gasteiger partial charge in [-0.1, -0.05) is 0 Å². The van der Waals surface area contributed by atoms with Gasteiger partial charge in [-0.05, 0) is 0 Å². The quantitative estimate of drug-likeness (QED) is 0.276. The van der Waals surface area contributed by atoms with Crippen molar-refractivity contribution in [3.63, 3.8) is 0 Å². The van der Waals surface area contributed by atoms with Gasteiger partial charge in [-0.15, -0.1) is 0 Å². The van der Waals surface area contributed by atoms with Crippen molar-refractivity contribution in [3.05, 3.63) is 17.8 Å². The molecule has 5 atom stereocenters. The third-order valence-electron chi connectivity index (χ3n) is 5.18. The van der Waals surface area contributed by atoms with Crippen molar-refractivity contribution in [2.75, 3.05) is 6.61 Å². The second-order valence-electron chi connectivity index (χ2n) is 8.31. The van der Waals surface area contributed by atoms with Crippen molar-refractivity contribution < 1.29 is 69.2 Å². The predicted molar refractivity (Wildman–Crippen MR) is 113 cm³/mol. The molecule has 3 rings (SSSR count). The Balaban J connectivity index is 2.29. The van der Waals surface area contributed by atoms with Crippen LogP contribution in [0.4, 0.5) is 26.3 Å². The Hall–Kier alpha value is -4.03. The minimum atomic E-state index is -5.43. The van der Waals surface area contributed by atoms with Crippen LogP contribution < -0.4 is 0 Å². The van der Waals surface area contributed by atoms with Gasteiger partial charge in [-0.3, -0.25) is 23.7 Å². The van der Waals surface area contributed by atoms with Crippen LogP contribution in [0.25, 0.3) is 11.2 Å². The van der Waals surface area contributed by atoms with Gasteiger partial charge in [-0.25, -0.2) is 15.0 Å². The molecule has 0 radical (unpaired) electrons. The molecule has 2 aromatic heterocycles. The number of carbonyl (C=O) groups is 4. The van der Waals surface area contributed by atoms with Gasteiger partial charge >= 0.3 is 36.2 Å². The Bertz CT molecular complexity index is 1310. The number of halogens is 6. The van der Waals surface area contributed by atoms with Crippen LogP contribution in [0.1, 0.15) is 45.4 Å². The first kappa shape index (κ1) is 30.5. The summed E-state index contributed by atoms with van der Waals surface area (Å²) in [6.07, 6.45) is -18.9. The number of fused-ring (bicyclic) bond motifs is 1. The summed E-state index contributed by atoms with van der Waals surface area (Å²) in [5.41, 5.74) is -4.18. The first-order valence-electron chi connectivity index (χ1n) is 11.1. The molecule has 0 aromatic carbocycles. The van der Waals surface area contributed by atoms with E-state index in [1.54, 1.807) is 0 Å². The lowest BCUT2D eigenvalue weighted by Gasteiger charge is -2.44. The number of rotatable bonds is 6. The zero-order valence-corrected chi connectivity index (χ0v) is 20.9. The van der Waals surface area contributed by atoms with E-state index >= 15 is 0 Å². The molecule has 0 N–H and O–H groups in total. The maximum Gasteiger partial charge on any atom is 0.451 e. The zero-order valence-electron chi connectivity index (χ0n) is 20.9. The predicted octanol–water partition coefficient (Wildman–Crippen LogP) is 2.12. The number of imidazole rings is 1. The fourth-order valence-corrected chi connectivity index (χ4v) is 3.86. The fourth-order valence-electron chi connectivity index (χ4n) is 3.86. The largest absolute Gasteiger partial charge is 0.463 e. The Kier molecular flexibility index (Phi) is 8.56. The van der Waals surface area contributed by atoms with Crippen LogP contribution >= 0.6 is 0 Å². The van der Waals surface area contributed by atoms with E-state index in [2.05, 4.69) is 15.0 Å². The number of alkyl halides is 6. The maximum absolute atomic E-state index is 13.6. The number of carbonyl (C=O) groups excluding carboxylic acids is 4. The van der Waals surface area contributed by atoms with Crippen LogP contribution in [0, 0.1) is 0 Å². The zero-order chi connectivity index (χ0) is 30.2. The highest BCUT2D eigenvalue weighted by molar-refractivity contribution is 5.74. The van der Waals surface area contributed by atoms with Crippen molar-refractivity contribution in [2.24, 2.45) is 0 Å². The highest BCUT2D eigenvalue weighted by Gasteiger charge is 2.53. The molecule has 220 valence electrons. The van der Waals surface area contributed by atoms with Crippen molar-refractivity contribution in [1.82, 2.24) is 19.5 Å². The topological polar surface area (TPSA) is 158 Å². The van der Waals surface area contributed by atoms with E-state index in [9.17, 15) is 45.5 Å². The van der Waals surface area contributed by atoms with Crippen LogP contribution in [-0.4, -0.2) is 74.4 Å². The number of hydrogen-bond donors (Lipinski definition) is 0. The van der Waals surface area contributed by atoms with E-state index in [1.165, 1.54) is 0 Å². The molecular formula is C21H20F6N4O9. The van der Waals surface area contributed by atoms with Crippen molar-refractivity contribution >= 4 is 35.0 Å². The molecule has 0 aliphatic carbocycles. The van der Waals surface area contributed by atoms with Gasteiger partial charge in [0.05, 0.1) is 6.33 Å². The van der Waals surface area contributed by atoms with Crippen LogP contribution in [0.3, 0.4) is 0 Å². The molecule has 1 fully saturated rings. The molecule has 1 saturated heterocycles. The first-order valence-corrected chi connectivity index (χ1v) is 11.1. The molecule has 0 unspecified atom stereocenters. The summed E-state index contributed by atoms with van der Waals surface area (Å²) < 4.78 is 108. The third kappa shape index (κ3) is 6.75. The van der Waals surface area contributed by atoms with Gasteiger partial charge in [0.2, 0.25) is 5.82 Å². The smallest absolute Gasteiger partial charge is 0.451 e. The number of aromatic nitrogens is 4. The monoisotopic (exact) mass is 586 g/mol. The van der Waals surface area contributed by atoms with Crippen LogP contribution in [-0.2, 0) is 55.2 Å². The Morgan fingerprint density at radius 2 is 1.38 bits per heavy atom. The lowest BCUT2D eigenvalue weighted by atomic mass is 9.97. The fraction of sp³-hybridized carbons (Fsp3) is 0.571. The van der Waals surface area contributed by atoms with E-state index in [1.807, 2.05) is 0 Å². The molecule has 0 bridgehead atoms. The molecule has 19 heteroatoms. The lowest BCUT2D eigenvalue weighted by molar-refractivity contribution is -0.267. The van der Waals surface area contributed by atoms with Gasteiger partial charge < -0.3 is 23.7 Å². The van der Waals surface area contributed by atoms with Gasteiger partial charge in [0.15, 0.2) is 35.9 Å². The molecule has 2 aromatic rings. The van der Waals surface area contributed by atoms with Crippen LogP contribution in [0.2, 0.25) is 0 Å². The summed E-state index contributed by atoms with van der Waals surface area (Å²) in [5.74, 6) is -6.04. The standard InChI is InChI=1S/C21H20F6N4O9/c1-7(32)36-5-11-13(37-8(2)33)14(38-9(3)34)15(39-10(4)35)18(40-11)31-6-28-12-16(20(22,23)24)29-19(21(25,26)27)30-17(12)31/h6,11,13-15,18H,5H2,1-4H3/t11-,13-,14+,15-,18-/m1/s1. The molecule has 0 amide bonds. The molecule has 0 saturated carbocycles. The number of ether oxygens (including phenoxy) is 5. The summed E-state index contributed by atoms with van der Waals surface area (Å²) in [5, 5.41) is 0. The van der Waals surface area contributed by atoms with E-state index < -0.39 is 96.2 Å². The van der Waals surface area contributed by atoms with Crippen molar-refractivity contribution in [2.45, 2.75) is 70.7 Å². The molecule has 13 nitrogen and oxygen atoms in total. The second-order valence-corrected chi connectivity index (χ2v) is 8.31. The highest BCUT2D eigenvalue weighted by atomic mass is 19.4. The minimum Gasteiger partial charge on any atom is -0.463 e. The molecule has 1 aliphatic heterocycles. The Morgan fingerprint density at radius 3 is 1.88 bits per heavy atom. The summed E-state index contributed by atoms with van der Waals surface area (Å²) in [6.45, 7) is 3.08. The van der Waals surface area contributed by atoms with E-state index in [-0.39, 0.29) is 0 Å². The number of esters is 4. The summed E-state index contributed by atoms with van der Waals surface area (Å²) in [7, 11) is 0. The summed E-state index contributed by atoms with van der Waals surface area (Å²) >= 11 is 0. The SMILES string of the molecule is CC(=O)OC[C@H]1O[C@@H](n2cnc3c(C(F)(F)F)nc(C(F)(F)F)nc32)[C@H](OC(C)=O)[C@@H](OC(C)=O)[C@@H]1OC(C)=O. The van der Waals surface area contributed by atoms with Crippen LogP contribution in [0.15, 0.2) is 6.33 Å². The van der Waals surface area contributed by atoms with Gasteiger partial charge in [0, 0.05) is 27.7 Å². The first-order chi connectivity index (χ1) is 18.4. The van der Waals surface area contributed by atoms with Gasteiger partial charge in [0.1, 0.15) is 18.2 Å². The molecule has 0 spiro atoms. The molecule has 1 aliphatic rings. The second kappa shape index (κ2) is 11.2. The third-order valence-corrected chi connectivity index (χ3v) is 5.18. The number of nitrogens with zero attached hydrogens (tertiary/aromatic N) is 4. The average Bonchev–Trinajstić information content (AvgIpc) is 3.21. The Morgan fingerprint density at radius 1 is 0.825 bits per heavy atom. The molecular weight excluding hydrogens is 566 g/mol. The van der Waals surface area contributed by atoms with E-state index in [0.717, 1.165) is 27.7 Å². The summed E-state index contributed by atoms with van der Waals surface area (Å²) in [4.78, 5) is 56.5. The molecule has 40 heavy (non-hydrogen) atoms. The van der Waals surface area contributed by atoms with Gasteiger partial charge in [0.25, 0.3) is 0 Å². The number of hydrogen-bond acceptors (Lipinski definition) is 12. The lowest BCUT2D eigenvalue weighted by Crippen LogP contribution is -2.60. The van der Waals surface area contributed by atoms with E-state index in [0.29, 0.717) is 10.9 Å². The maximum atomic E-state index is 13.6. The highest BCUT2D eigenvalue weighted by Crippen LogP contribution is 2.39. The Labute approximate surface area is 219 Å². The minimum absolute atomic E-state index is 0.566. The normalized spacial score (nSPS) is 23.4. The molecule has 3 heterocycles. The van der Waals surface area contributed by atoms with Crippen molar-refractivity contribution in [3.8, 4) is 0 Å². The van der Waals surface area contributed by atoms with E-state index in [4.69, 9.17) is 23.7 Å². The average molecular weight is 586 g/mol.